The van der Waals surface area contributed by atoms with E-state index in [1.807, 2.05) is 62.5 Å². The average Bonchev–Trinajstić information content (AvgIpc) is 2.85. The van der Waals surface area contributed by atoms with E-state index >= 15 is 0 Å². The molecule has 0 unspecified atom stereocenters. The van der Waals surface area contributed by atoms with Crippen LogP contribution < -0.4 is 10.1 Å². The summed E-state index contributed by atoms with van der Waals surface area (Å²) < 4.78 is 7.18. The van der Waals surface area contributed by atoms with Crippen molar-refractivity contribution in [2.24, 2.45) is 0 Å². The zero-order valence-corrected chi connectivity index (χ0v) is 12.5. The molecule has 0 aliphatic rings. The van der Waals surface area contributed by atoms with Gasteiger partial charge < -0.3 is 10.1 Å². The molecule has 5 heteroatoms. The van der Waals surface area contributed by atoms with Gasteiger partial charge in [0.05, 0.1) is 12.3 Å². The highest BCUT2D eigenvalue weighted by molar-refractivity contribution is 6.04. The number of rotatable bonds is 4. The molecule has 1 aromatic carbocycles. The number of aryl methyl sites for hydroxylation is 1. The number of nitrogens with one attached hydrogen (secondary N) is 1. The number of fused-ring (bicyclic) bond motifs is 1. The van der Waals surface area contributed by atoms with Crippen LogP contribution in [0.25, 0.3) is 5.65 Å². The van der Waals surface area contributed by atoms with E-state index in [2.05, 4.69) is 10.3 Å². The SMILES string of the molecule is CCOc1ccc(NC(=O)c2c(C)nc3ccccn23)cc1. The molecule has 5 nitrogen and oxygen atoms in total. The van der Waals surface area contributed by atoms with Gasteiger partial charge in [-0.25, -0.2) is 4.98 Å². The number of pyridine rings is 1. The Balaban J connectivity index is 1.85. The first kappa shape index (κ1) is 14.1. The van der Waals surface area contributed by atoms with Crippen molar-refractivity contribution in [2.45, 2.75) is 13.8 Å². The zero-order chi connectivity index (χ0) is 15.5. The van der Waals surface area contributed by atoms with E-state index in [1.54, 1.807) is 4.40 Å². The Kier molecular flexibility index (Phi) is 3.78. The molecule has 22 heavy (non-hydrogen) atoms. The summed E-state index contributed by atoms with van der Waals surface area (Å²) in [5.41, 5.74) is 2.73. The summed E-state index contributed by atoms with van der Waals surface area (Å²) in [6.45, 7) is 4.38. The number of benzene rings is 1. The Labute approximate surface area is 128 Å². The number of aromatic nitrogens is 2. The van der Waals surface area contributed by atoms with Gasteiger partial charge in [-0.1, -0.05) is 6.07 Å². The van der Waals surface area contributed by atoms with Crippen LogP contribution in [0.1, 0.15) is 23.1 Å². The van der Waals surface area contributed by atoms with Crippen molar-refractivity contribution in [3.8, 4) is 5.75 Å². The molecule has 0 fully saturated rings. The predicted molar refractivity (Wildman–Crippen MR) is 85.5 cm³/mol. The summed E-state index contributed by atoms with van der Waals surface area (Å²) in [5, 5.41) is 2.89. The van der Waals surface area contributed by atoms with Crippen molar-refractivity contribution in [1.82, 2.24) is 9.38 Å². The third-order valence-electron chi connectivity index (χ3n) is 3.34. The summed E-state index contributed by atoms with van der Waals surface area (Å²) in [4.78, 5) is 16.9. The normalized spacial score (nSPS) is 10.6. The maximum absolute atomic E-state index is 12.5. The molecule has 0 saturated heterocycles. The third-order valence-corrected chi connectivity index (χ3v) is 3.34. The fourth-order valence-corrected chi connectivity index (χ4v) is 2.38. The number of imidazole rings is 1. The highest BCUT2D eigenvalue weighted by atomic mass is 16.5. The monoisotopic (exact) mass is 295 g/mol. The molecule has 2 aromatic heterocycles. The second-order valence-corrected chi connectivity index (χ2v) is 4.89. The van der Waals surface area contributed by atoms with E-state index in [1.165, 1.54) is 0 Å². The topological polar surface area (TPSA) is 55.6 Å². The Morgan fingerprint density at radius 3 is 2.73 bits per heavy atom. The number of carbonyl (C=O) groups is 1. The van der Waals surface area contributed by atoms with Crippen LogP contribution in [0.15, 0.2) is 48.7 Å². The lowest BCUT2D eigenvalue weighted by atomic mass is 10.2. The van der Waals surface area contributed by atoms with Gasteiger partial charge in [-0.05, 0) is 50.2 Å². The molecule has 0 aliphatic heterocycles. The number of anilines is 1. The van der Waals surface area contributed by atoms with Crippen LogP contribution in [0.2, 0.25) is 0 Å². The maximum atomic E-state index is 12.5. The number of hydrogen-bond donors (Lipinski definition) is 1. The molecular formula is C17H17N3O2. The van der Waals surface area contributed by atoms with Crippen molar-refractivity contribution >= 4 is 17.2 Å². The molecule has 0 bridgehead atoms. The largest absolute Gasteiger partial charge is 0.494 e. The third kappa shape index (κ3) is 2.65. The van der Waals surface area contributed by atoms with E-state index in [9.17, 15) is 4.79 Å². The molecule has 3 rings (SSSR count). The lowest BCUT2D eigenvalue weighted by Gasteiger charge is -2.07. The summed E-state index contributed by atoms with van der Waals surface area (Å²) >= 11 is 0. The van der Waals surface area contributed by atoms with Gasteiger partial charge in [0, 0.05) is 11.9 Å². The fourth-order valence-electron chi connectivity index (χ4n) is 2.38. The molecule has 112 valence electrons. The molecule has 1 N–H and O–H groups in total. The van der Waals surface area contributed by atoms with Crippen LogP contribution in [-0.2, 0) is 0 Å². The predicted octanol–water partition coefficient (Wildman–Crippen LogP) is 3.29. The van der Waals surface area contributed by atoms with Crippen molar-refractivity contribution < 1.29 is 9.53 Å². The Bertz CT molecular complexity index is 806. The molecule has 0 spiro atoms. The number of ether oxygens (including phenoxy) is 1. The first-order valence-electron chi connectivity index (χ1n) is 7.17. The quantitative estimate of drug-likeness (QED) is 0.803. The van der Waals surface area contributed by atoms with Crippen LogP contribution in [0, 0.1) is 6.92 Å². The van der Waals surface area contributed by atoms with Gasteiger partial charge in [-0.3, -0.25) is 9.20 Å². The van der Waals surface area contributed by atoms with Crippen LogP contribution in [0.5, 0.6) is 5.75 Å². The van der Waals surface area contributed by atoms with Crippen LogP contribution >= 0.6 is 0 Å². The number of hydrogen-bond acceptors (Lipinski definition) is 3. The van der Waals surface area contributed by atoms with Gasteiger partial charge >= 0.3 is 0 Å². The second-order valence-electron chi connectivity index (χ2n) is 4.89. The van der Waals surface area contributed by atoms with Gasteiger partial charge in [0.1, 0.15) is 17.1 Å². The molecule has 0 saturated carbocycles. The van der Waals surface area contributed by atoms with Gasteiger partial charge in [-0.15, -0.1) is 0 Å². The minimum atomic E-state index is -0.180. The highest BCUT2D eigenvalue weighted by Crippen LogP contribution is 2.18. The average molecular weight is 295 g/mol. The first-order valence-corrected chi connectivity index (χ1v) is 7.17. The Hall–Kier alpha value is -2.82. The lowest BCUT2D eigenvalue weighted by Crippen LogP contribution is -2.15. The molecule has 3 aromatic rings. The highest BCUT2D eigenvalue weighted by Gasteiger charge is 2.16. The Morgan fingerprint density at radius 2 is 2.00 bits per heavy atom. The van der Waals surface area contributed by atoms with Crippen molar-refractivity contribution in [3.63, 3.8) is 0 Å². The van der Waals surface area contributed by atoms with Gasteiger partial charge in [-0.2, -0.15) is 0 Å². The maximum Gasteiger partial charge on any atom is 0.274 e. The van der Waals surface area contributed by atoms with E-state index in [4.69, 9.17) is 4.74 Å². The summed E-state index contributed by atoms with van der Waals surface area (Å²) in [5.74, 6) is 0.604. The molecule has 0 atom stereocenters. The summed E-state index contributed by atoms with van der Waals surface area (Å²) in [7, 11) is 0. The number of nitrogens with zero attached hydrogens (tertiary/aromatic N) is 2. The van der Waals surface area contributed by atoms with E-state index < -0.39 is 0 Å². The van der Waals surface area contributed by atoms with Crippen molar-refractivity contribution in [1.29, 1.82) is 0 Å². The minimum Gasteiger partial charge on any atom is -0.494 e. The molecule has 2 heterocycles. The van der Waals surface area contributed by atoms with Gasteiger partial charge in [0.15, 0.2) is 0 Å². The van der Waals surface area contributed by atoms with E-state index in [0.717, 1.165) is 17.1 Å². The van der Waals surface area contributed by atoms with E-state index in [-0.39, 0.29) is 5.91 Å². The second kappa shape index (κ2) is 5.89. The van der Waals surface area contributed by atoms with Crippen LogP contribution in [0.3, 0.4) is 0 Å². The molecular weight excluding hydrogens is 278 g/mol. The van der Waals surface area contributed by atoms with Crippen molar-refractivity contribution in [3.05, 3.63) is 60.0 Å². The Morgan fingerprint density at radius 1 is 1.23 bits per heavy atom. The summed E-state index contributed by atoms with van der Waals surface area (Å²) in [6.07, 6.45) is 1.84. The van der Waals surface area contributed by atoms with Crippen molar-refractivity contribution in [2.75, 3.05) is 11.9 Å². The minimum absolute atomic E-state index is 0.180. The van der Waals surface area contributed by atoms with E-state index in [0.29, 0.717) is 18.0 Å². The van der Waals surface area contributed by atoms with Crippen LogP contribution in [0.4, 0.5) is 5.69 Å². The molecule has 1 amide bonds. The fraction of sp³-hybridized carbons (Fsp3) is 0.176. The first-order chi connectivity index (χ1) is 10.7. The van der Waals surface area contributed by atoms with Gasteiger partial charge in [0.2, 0.25) is 0 Å². The molecule has 0 aliphatic carbocycles. The van der Waals surface area contributed by atoms with Gasteiger partial charge in [0.25, 0.3) is 5.91 Å². The summed E-state index contributed by atoms with van der Waals surface area (Å²) in [6, 6.07) is 13.0. The number of amides is 1. The zero-order valence-electron chi connectivity index (χ0n) is 12.5. The standard InChI is InChI=1S/C17H17N3O2/c1-3-22-14-9-7-13(8-10-14)19-17(21)16-12(2)18-15-6-4-5-11-20(15)16/h4-11H,3H2,1-2H3,(H,19,21). The van der Waals surface area contributed by atoms with Crippen LogP contribution in [-0.4, -0.2) is 21.9 Å². The molecule has 0 radical (unpaired) electrons. The lowest BCUT2D eigenvalue weighted by molar-refractivity contribution is 0.102. The number of carbonyl (C=O) groups excluding carboxylic acids is 1. The smallest absolute Gasteiger partial charge is 0.274 e.